The molecular weight excluding hydrogens is 440 g/mol. The second kappa shape index (κ2) is 9.30. The molecule has 10 heteroatoms. The summed E-state index contributed by atoms with van der Waals surface area (Å²) < 4.78 is 11.0. The van der Waals surface area contributed by atoms with E-state index in [0.29, 0.717) is 24.2 Å². The van der Waals surface area contributed by atoms with Crippen molar-refractivity contribution in [2.75, 3.05) is 13.2 Å². The number of rotatable bonds is 7. The summed E-state index contributed by atoms with van der Waals surface area (Å²) in [6, 6.07) is 9.46. The Kier molecular flexibility index (Phi) is 6.26. The Morgan fingerprint density at radius 3 is 2.79 bits per heavy atom. The molecule has 0 bridgehead atoms. The molecule has 5 N–H and O–H groups in total. The molecule has 0 amide bonds. The van der Waals surface area contributed by atoms with Crippen molar-refractivity contribution in [3.8, 4) is 5.75 Å². The zero-order valence-corrected chi connectivity index (χ0v) is 18.3. The van der Waals surface area contributed by atoms with Crippen LogP contribution in [0.1, 0.15) is 60.3 Å². The molecule has 0 saturated heterocycles. The number of aliphatic hydroxyl groups is 1. The number of ether oxygens (including phenoxy) is 1. The van der Waals surface area contributed by atoms with E-state index in [-0.39, 0.29) is 46.3 Å². The van der Waals surface area contributed by atoms with Gasteiger partial charge in [0.05, 0.1) is 16.8 Å². The number of aryl methyl sites for hydroxylation is 1. The van der Waals surface area contributed by atoms with Crippen LogP contribution in [-0.4, -0.2) is 45.8 Å². The fourth-order valence-corrected chi connectivity index (χ4v) is 3.65. The smallest absolute Gasteiger partial charge is 0.347 e. The first-order valence-electron chi connectivity index (χ1n) is 10.4. The van der Waals surface area contributed by atoms with E-state index in [2.05, 4.69) is 4.98 Å². The molecule has 0 unspecified atom stereocenters. The minimum atomic E-state index is -0.855. The van der Waals surface area contributed by atoms with E-state index in [1.807, 2.05) is 0 Å². The molecular formula is C24H22N4O6. The molecule has 1 aliphatic rings. The van der Waals surface area contributed by atoms with Gasteiger partial charge in [0.2, 0.25) is 11.6 Å². The number of benzene rings is 1. The molecule has 174 valence electrons. The number of hydrogen-bond acceptors (Lipinski definition) is 10. The molecule has 1 aromatic carbocycles. The number of hydrogen-bond donors (Lipinski definition) is 3. The lowest BCUT2D eigenvalue weighted by atomic mass is 9.90. The van der Waals surface area contributed by atoms with Crippen LogP contribution in [0.15, 0.2) is 53.2 Å². The van der Waals surface area contributed by atoms with E-state index in [4.69, 9.17) is 25.8 Å². The predicted octanol–water partition coefficient (Wildman–Crippen LogP) is 1.79. The van der Waals surface area contributed by atoms with Gasteiger partial charge in [-0.2, -0.15) is 0 Å². The largest absolute Gasteiger partial charge is 0.456 e. The number of aliphatic hydroxyl groups excluding tert-OH is 1. The van der Waals surface area contributed by atoms with Gasteiger partial charge in [-0.25, -0.2) is 10.6 Å². The summed E-state index contributed by atoms with van der Waals surface area (Å²) in [5.74, 6) is 3.91. The molecule has 2 aromatic heterocycles. The van der Waals surface area contributed by atoms with Gasteiger partial charge in [-0.3, -0.25) is 14.6 Å². The van der Waals surface area contributed by atoms with E-state index in [1.54, 1.807) is 24.3 Å². The third-order valence-electron chi connectivity index (χ3n) is 5.25. The molecule has 2 heterocycles. The lowest BCUT2D eigenvalue weighted by Gasteiger charge is -2.14. The number of hydrazine groups is 1. The van der Waals surface area contributed by atoms with Gasteiger partial charge in [-0.15, -0.1) is 0 Å². The molecule has 1 aliphatic carbocycles. The normalized spacial score (nSPS) is 12.9. The van der Waals surface area contributed by atoms with Crippen LogP contribution in [0.2, 0.25) is 0 Å². The van der Waals surface area contributed by atoms with Crippen LogP contribution in [0.5, 0.6) is 5.75 Å². The maximum Gasteiger partial charge on any atom is 0.347 e. The van der Waals surface area contributed by atoms with Crippen molar-refractivity contribution in [1.82, 2.24) is 9.99 Å². The van der Waals surface area contributed by atoms with Crippen molar-refractivity contribution in [3.05, 3.63) is 88.3 Å². The average molecular weight is 462 g/mol. The number of nitrogens with zero attached hydrogens (tertiary/aromatic N) is 2. The predicted molar refractivity (Wildman–Crippen MR) is 121 cm³/mol. The summed E-state index contributed by atoms with van der Waals surface area (Å²) in [6.07, 6.45) is 3.38. The number of furan rings is 1. The van der Waals surface area contributed by atoms with Crippen LogP contribution in [0.25, 0.3) is 5.70 Å². The maximum atomic E-state index is 13.0. The number of carbonyl (C=O) groups is 3. The van der Waals surface area contributed by atoms with Crippen LogP contribution in [-0.2, 0) is 0 Å². The summed E-state index contributed by atoms with van der Waals surface area (Å²) in [6.45, 7) is 1.88. The summed E-state index contributed by atoms with van der Waals surface area (Å²) in [5, 5.41) is 10.3. The number of carbonyl (C=O) groups excluding carboxylic acids is 3. The second-order valence-corrected chi connectivity index (χ2v) is 7.61. The van der Waals surface area contributed by atoms with E-state index in [0.717, 1.165) is 0 Å². The summed E-state index contributed by atoms with van der Waals surface area (Å²) in [4.78, 5) is 42.9. The number of esters is 1. The lowest BCUT2D eigenvalue weighted by Crippen LogP contribution is -2.27. The highest BCUT2D eigenvalue weighted by Crippen LogP contribution is 2.33. The molecule has 10 nitrogen and oxygen atoms in total. The number of ketones is 2. The third-order valence-corrected chi connectivity index (χ3v) is 5.25. The van der Waals surface area contributed by atoms with Gasteiger partial charge in [0.25, 0.3) is 0 Å². The standard InChI is InChI=1S/C24H22N4O6/c1-13-18(19-22(31)20-16(7-3-8-27-20)21(30)23(19)33-13)24(32)34-15-6-2-5-14(11-15)17(25)12-28(26)9-4-10-29/h2-3,5-8,11-12,29H,4,9-10,25-26H2,1H3/b17-12-. The SMILES string of the molecule is Cc1oc2c(c1C(=O)Oc1cccc(/C(N)=C/N(N)CCCO)c1)C(=O)c1ncccc1C2=O. The monoisotopic (exact) mass is 462 g/mol. The Morgan fingerprint density at radius 2 is 2.03 bits per heavy atom. The zero-order valence-electron chi connectivity index (χ0n) is 18.3. The molecule has 34 heavy (non-hydrogen) atoms. The number of pyridine rings is 1. The van der Waals surface area contributed by atoms with Crippen LogP contribution in [0.3, 0.4) is 0 Å². The van der Waals surface area contributed by atoms with Gasteiger partial charge in [0.1, 0.15) is 22.8 Å². The van der Waals surface area contributed by atoms with E-state index < -0.39 is 17.5 Å². The third kappa shape index (κ3) is 4.19. The number of nitrogens with two attached hydrogens (primary N) is 2. The van der Waals surface area contributed by atoms with Crippen molar-refractivity contribution >= 4 is 23.2 Å². The molecule has 3 aromatic rings. The van der Waals surface area contributed by atoms with Crippen LogP contribution in [0.4, 0.5) is 0 Å². The van der Waals surface area contributed by atoms with E-state index in [9.17, 15) is 14.4 Å². The molecule has 0 atom stereocenters. The molecule has 4 rings (SSSR count). The Bertz CT molecular complexity index is 1330. The molecule has 0 fully saturated rings. The Balaban J connectivity index is 1.61. The van der Waals surface area contributed by atoms with Gasteiger partial charge < -0.3 is 25.0 Å². The maximum absolute atomic E-state index is 13.0. The fraction of sp³-hybridized carbons (Fsp3) is 0.167. The van der Waals surface area contributed by atoms with Crippen molar-refractivity contribution in [3.63, 3.8) is 0 Å². The zero-order chi connectivity index (χ0) is 24.4. The van der Waals surface area contributed by atoms with Gasteiger partial charge in [0.15, 0.2) is 5.76 Å². The van der Waals surface area contributed by atoms with Crippen LogP contribution >= 0.6 is 0 Å². The lowest BCUT2D eigenvalue weighted by molar-refractivity contribution is 0.0729. The van der Waals surface area contributed by atoms with E-state index >= 15 is 0 Å². The first-order valence-corrected chi connectivity index (χ1v) is 10.4. The highest BCUT2D eigenvalue weighted by molar-refractivity contribution is 6.29. The van der Waals surface area contributed by atoms with Gasteiger partial charge in [-0.05, 0) is 37.6 Å². The first kappa shape index (κ1) is 22.9. The first-order chi connectivity index (χ1) is 16.3. The van der Waals surface area contributed by atoms with Gasteiger partial charge >= 0.3 is 5.97 Å². The highest BCUT2D eigenvalue weighted by atomic mass is 16.5. The molecule has 0 saturated carbocycles. The molecule has 0 aliphatic heterocycles. The summed E-state index contributed by atoms with van der Waals surface area (Å²) >= 11 is 0. The fourth-order valence-electron chi connectivity index (χ4n) is 3.65. The van der Waals surface area contributed by atoms with Crippen LogP contribution < -0.4 is 16.3 Å². The van der Waals surface area contributed by atoms with Crippen molar-refractivity contribution in [2.45, 2.75) is 13.3 Å². The highest BCUT2D eigenvalue weighted by Gasteiger charge is 2.39. The van der Waals surface area contributed by atoms with Gasteiger partial charge in [0, 0.05) is 31.1 Å². The number of aromatic nitrogens is 1. The van der Waals surface area contributed by atoms with Crippen LogP contribution in [0, 0.1) is 6.92 Å². The van der Waals surface area contributed by atoms with Crippen molar-refractivity contribution in [1.29, 1.82) is 0 Å². The summed E-state index contributed by atoms with van der Waals surface area (Å²) in [5.41, 5.74) is 6.75. The quantitative estimate of drug-likeness (QED) is 0.160. The Hall–Kier alpha value is -4.28. The Morgan fingerprint density at radius 1 is 1.24 bits per heavy atom. The van der Waals surface area contributed by atoms with Crippen molar-refractivity contribution < 1.29 is 28.6 Å². The topological polar surface area (TPSA) is 162 Å². The van der Waals surface area contributed by atoms with Crippen molar-refractivity contribution in [2.24, 2.45) is 11.6 Å². The second-order valence-electron chi connectivity index (χ2n) is 7.61. The van der Waals surface area contributed by atoms with E-state index in [1.165, 1.54) is 36.5 Å². The summed E-state index contributed by atoms with van der Waals surface area (Å²) in [7, 11) is 0. The molecule has 0 radical (unpaired) electrons. The number of fused-ring (bicyclic) bond motifs is 2. The minimum absolute atomic E-state index is 0.000238. The average Bonchev–Trinajstić information content (AvgIpc) is 3.19. The Labute approximate surface area is 194 Å². The van der Waals surface area contributed by atoms with Gasteiger partial charge in [-0.1, -0.05) is 12.1 Å². The minimum Gasteiger partial charge on any atom is -0.456 e. The molecule has 0 spiro atoms.